The van der Waals surface area contributed by atoms with Crippen LogP contribution < -0.4 is 9.80 Å². The summed E-state index contributed by atoms with van der Waals surface area (Å²) >= 11 is 0. The Morgan fingerprint density at radius 3 is 2.21 bits per heavy atom. The summed E-state index contributed by atoms with van der Waals surface area (Å²) in [6.07, 6.45) is 1.79. The molecule has 1 fully saturated rings. The Morgan fingerprint density at radius 2 is 1.50 bits per heavy atom. The Labute approximate surface area is 167 Å². The molecular formula is C23H27N5. The van der Waals surface area contributed by atoms with Gasteiger partial charge in [0.15, 0.2) is 5.82 Å². The number of aryl methyl sites for hydroxylation is 2. The first-order valence-corrected chi connectivity index (χ1v) is 9.87. The third-order valence-electron chi connectivity index (χ3n) is 5.75. The first-order chi connectivity index (χ1) is 13.5. The van der Waals surface area contributed by atoms with E-state index < -0.39 is 0 Å². The average molecular weight is 374 g/mol. The van der Waals surface area contributed by atoms with E-state index in [0.29, 0.717) is 5.82 Å². The van der Waals surface area contributed by atoms with E-state index in [9.17, 15) is 0 Å². The maximum absolute atomic E-state index is 4.89. The number of piperazine rings is 1. The van der Waals surface area contributed by atoms with E-state index >= 15 is 0 Å². The van der Waals surface area contributed by atoms with Crippen LogP contribution in [0.25, 0.3) is 11.5 Å². The predicted octanol–water partition coefficient (Wildman–Crippen LogP) is 4.10. The molecule has 0 unspecified atom stereocenters. The topological polar surface area (TPSA) is 45.2 Å². The van der Waals surface area contributed by atoms with Gasteiger partial charge in [0.25, 0.3) is 0 Å². The van der Waals surface area contributed by atoms with Gasteiger partial charge in [-0.2, -0.15) is 0 Å². The zero-order valence-electron chi connectivity index (χ0n) is 17.1. The fraction of sp³-hybridized carbons (Fsp3) is 0.348. The minimum Gasteiger partial charge on any atom is -0.368 e. The van der Waals surface area contributed by atoms with Crippen molar-refractivity contribution in [3.8, 4) is 11.5 Å². The van der Waals surface area contributed by atoms with Crippen LogP contribution in [0, 0.1) is 27.7 Å². The minimum absolute atomic E-state index is 0.704. The Bertz CT molecular complexity index is 976. The smallest absolute Gasteiger partial charge is 0.180 e. The fourth-order valence-corrected chi connectivity index (χ4v) is 3.77. The lowest BCUT2D eigenvalue weighted by atomic mass is 10.1. The quantitative estimate of drug-likeness (QED) is 0.692. The number of nitrogens with zero attached hydrogens (tertiary/aromatic N) is 5. The van der Waals surface area contributed by atoms with Crippen LogP contribution in [-0.2, 0) is 0 Å². The number of aromatic nitrogens is 3. The summed E-state index contributed by atoms with van der Waals surface area (Å²) in [5.74, 6) is 1.74. The van der Waals surface area contributed by atoms with Crippen molar-refractivity contribution < 1.29 is 0 Å². The Morgan fingerprint density at radius 1 is 0.750 bits per heavy atom. The zero-order valence-corrected chi connectivity index (χ0v) is 17.1. The molecule has 0 spiro atoms. The Hall–Kier alpha value is -2.95. The van der Waals surface area contributed by atoms with E-state index in [-0.39, 0.29) is 0 Å². The maximum Gasteiger partial charge on any atom is 0.180 e. The van der Waals surface area contributed by atoms with Crippen LogP contribution in [0.2, 0.25) is 0 Å². The summed E-state index contributed by atoms with van der Waals surface area (Å²) in [6.45, 7) is 12.5. The summed E-state index contributed by atoms with van der Waals surface area (Å²) in [4.78, 5) is 18.9. The van der Waals surface area contributed by atoms with Gasteiger partial charge >= 0.3 is 0 Å². The van der Waals surface area contributed by atoms with Crippen molar-refractivity contribution in [3.05, 3.63) is 65.0 Å². The van der Waals surface area contributed by atoms with E-state index in [2.05, 4.69) is 65.7 Å². The van der Waals surface area contributed by atoms with Gasteiger partial charge in [0.2, 0.25) is 0 Å². The molecular weight excluding hydrogens is 346 g/mol. The Balaban J connectivity index is 1.58. The van der Waals surface area contributed by atoms with Gasteiger partial charge < -0.3 is 9.80 Å². The molecule has 3 heterocycles. The molecule has 5 nitrogen and oxygen atoms in total. The van der Waals surface area contributed by atoms with E-state index in [1.54, 1.807) is 6.20 Å². The number of benzene rings is 1. The highest BCUT2D eigenvalue weighted by Gasteiger charge is 2.22. The second-order valence-corrected chi connectivity index (χ2v) is 7.49. The molecule has 0 amide bonds. The molecule has 0 saturated carbocycles. The van der Waals surface area contributed by atoms with Gasteiger partial charge in [-0.3, -0.25) is 4.98 Å². The van der Waals surface area contributed by atoms with E-state index in [4.69, 9.17) is 4.98 Å². The molecule has 0 radical (unpaired) electrons. The molecule has 1 saturated heterocycles. The molecule has 4 rings (SSSR count). The zero-order chi connectivity index (χ0) is 19.7. The molecule has 1 aromatic carbocycles. The monoisotopic (exact) mass is 373 g/mol. The standard InChI is InChI=1S/C23H27N5/c1-16-8-7-10-21(17(16)2)27-12-14-28(15-13-27)23-18(3)19(4)25-22(26-23)20-9-5-6-11-24-20/h5-11H,12-15H2,1-4H3. The second kappa shape index (κ2) is 7.58. The Kier molecular flexibility index (Phi) is 4.99. The van der Waals surface area contributed by atoms with Gasteiger partial charge in [0, 0.05) is 49.3 Å². The van der Waals surface area contributed by atoms with Gasteiger partial charge in [0.1, 0.15) is 11.5 Å². The molecule has 5 heteroatoms. The van der Waals surface area contributed by atoms with Crippen LogP contribution in [0.4, 0.5) is 11.5 Å². The van der Waals surface area contributed by atoms with Crippen LogP contribution in [0.3, 0.4) is 0 Å². The summed E-state index contributed by atoms with van der Waals surface area (Å²) < 4.78 is 0. The molecule has 0 atom stereocenters. The highest BCUT2D eigenvalue weighted by Crippen LogP contribution is 2.27. The fourth-order valence-electron chi connectivity index (χ4n) is 3.77. The molecule has 0 N–H and O–H groups in total. The van der Waals surface area contributed by atoms with Gasteiger partial charge in [0.05, 0.1) is 0 Å². The molecule has 144 valence electrons. The van der Waals surface area contributed by atoms with Crippen LogP contribution in [0.5, 0.6) is 0 Å². The summed E-state index contributed by atoms with van der Waals surface area (Å²) in [5, 5.41) is 0. The first kappa shape index (κ1) is 18.4. The van der Waals surface area contributed by atoms with Crippen LogP contribution >= 0.6 is 0 Å². The lowest BCUT2D eigenvalue weighted by Crippen LogP contribution is -2.47. The molecule has 2 aromatic heterocycles. The van der Waals surface area contributed by atoms with Crippen molar-refractivity contribution >= 4 is 11.5 Å². The van der Waals surface area contributed by atoms with Gasteiger partial charge in [-0.1, -0.05) is 18.2 Å². The molecule has 28 heavy (non-hydrogen) atoms. The van der Waals surface area contributed by atoms with E-state index in [0.717, 1.165) is 48.9 Å². The third-order valence-corrected chi connectivity index (χ3v) is 5.75. The normalized spacial score (nSPS) is 14.4. The van der Waals surface area contributed by atoms with Crippen molar-refractivity contribution in [1.82, 2.24) is 15.0 Å². The second-order valence-electron chi connectivity index (χ2n) is 7.49. The number of rotatable bonds is 3. The van der Waals surface area contributed by atoms with Crippen molar-refractivity contribution in [1.29, 1.82) is 0 Å². The third kappa shape index (κ3) is 3.44. The van der Waals surface area contributed by atoms with Crippen LogP contribution in [-0.4, -0.2) is 41.1 Å². The minimum atomic E-state index is 0.704. The number of pyridine rings is 1. The highest BCUT2D eigenvalue weighted by atomic mass is 15.3. The van der Waals surface area contributed by atoms with Gasteiger partial charge in [-0.05, 0) is 57.0 Å². The average Bonchev–Trinajstić information content (AvgIpc) is 2.73. The first-order valence-electron chi connectivity index (χ1n) is 9.87. The largest absolute Gasteiger partial charge is 0.368 e. The van der Waals surface area contributed by atoms with Gasteiger partial charge in [-0.25, -0.2) is 9.97 Å². The molecule has 1 aliphatic heterocycles. The summed E-state index contributed by atoms with van der Waals surface area (Å²) in [6, 6.07) is 12.4. The van der Waals surface area contributed by atoms with Crippen molar-refractivity contribution in [2.24, 2.45) is 0 Å². The van der Waals surface area contributed by atoms with Crippen molar-refractivity contribution in [2.45, 2.75) is 27.7 Å². The summed E-state index contributed by atoms with van der Waals surface area (Å²) in [5.41, 5.74) is 7.07. The number of anilines is 2. The van der Waals surface area contributed by atoms with Gasteiger partial charge in [-0.15, -0.1) is 0 Å². The number of hydrogen-bond donors (Lipinski definition) is 0. The molecule has 3 aromatic rings. The number of hydrogen-bond acceptors (Lipinski definition) is 5. The molecule has 0 bridgehead atoms. The predicted molar refractivity (Wildman–Crippen MR) is 115 cm³/mol. The summed E-state index contributed by atoms with van der Waals surface area (Å²) in [7, 11) is 0. The van der Waals surface area contributed by atoms with Crippen molar-refractivity contribution in [3.63, 3.8) is 0 Å². The molecule has 1 aliphatic rings. The van der Waals surface area contributed by atoms with Crippen molar-refractivity contribution in [2.75, 3.05) is 36.0 Å². The highest BCUT2D eigenvalue weighted by molar-refractivity contribution is 5.60. The van der Waals surface area contributed by atoms with Crippen LogP contribution in [0.1, 0.15) is 22.4 Å². The molecule has 0 aliphatic carbocycles. The van der Waals surface area contributed by atoms with E-state index in [1.165, 1.54) is 16.8 Å². The lowest BCUT2D eigenvalue weighted by Gasteiger charge is -2.38. The maximum atomic E-state index is 4.89. The van der Waals surface area contributed by atoms with Crippen LogP contribution in [0.15, 0.2) is 42.6 Å². The lowest BCUT2D eigenvalue weighted by molar-refractivity contribution is 0.643. The van der Waals surface area contributed by atoms with E-state index in [1.807, 2.05) is 18.2 Å². The SMILES string of the molecule is Cc1cccc(N2CCN(c3nc(-c4ccccn4)nc(C)c3C)CC2)c1C.